The van der Waals surface area contributed by atoms with Crippen LogP contribution in [0.25, 0.3) is 39.0 Å². The van der Waals surface area contributed by atoms with Crippen LogP contribution in [0.15, 0.2) is 85.3 Å². The van der Waals surface area contributed by atoms with Gasteiger partial charge in [0.05, 0.1) is 41.0 Å². The third-order valence-electron chi connectivity index (χ3n) is 10.6. The first-order valence-corrected chi connectivity index (χ1v) is 18.4. The molecule has 0 spiro atoms. The molecule has 4 aromatic heterocycles. The molecular weight excluding hydrogens is 738 g/mol. The maximum Gasteiger partial charge on any atom is 0.245 e. The van der Waals surface area contributed by atoms with Crippen LogP contribution in [-0.2, 0) is 22.7 Å². The lowest BCUT2D eigenvalue weighted by Crippen LogP contribution is -2.47. The predicted octanol–water partition coefficient (Wildman–Crippen LogP) is 6.08. The summed E-state index contributed by atoms with van der Waals surface area (Å²) in [6.45, 7) is 2.83. The highest BCUT2D eigenvalue weighted by Crippen LogP contribution is 2.36. The first kappa shape index (κ1) is 36.1. The van der Waals surface area contributed by atoms with E-state index in [1.54, 1.807) is 19.1 Å². The summed E-state index contributed by atoms with van der Waals surface area (Å²) >= 11 is 0. The van der Waals surface area contributed by atoms with Crippen LogP contribution in [0.1, 0.15) is 17.8 Å². The minimum Gasteiger partial charge on any atom is -0.486 e. The lowest BCUT2D eigenvalue weighted by molar-refractivity contribution is -0.132. The molecule has 1 amide bonds. The molecule has 0 saturated carbocycles. The van der Waals surface area contributed by atoms with Crippen molar-refractivity contribution in [3.05, 3.63) is 114 Å². The van der Waals surface area contributed by atoms with Gasteiger partial charge >= 0.3 is 0 Å². The van der Waals surface area contributed by atoms with Crippen molar-refractivity contribution in [3.8, 4) is 22.7 Å². The molecule has 0 radical (unpaired) electrons. The van der Waals surface area contributed by atoms with Crippen molar-refractivity contribution in [2.24, 2.45) is 0 Å². The number of pyridine rings is 1. The zero-order valence-corrected chi connectivity index (χ0v) is 31.2. The Balaban J connectivity index is 1.11. The van der Waals surface area contributed by atoms with Gasteiger partial charge in [0.15, 0.2) is 17.2 Å². The van der Waals surface area contributed by atoms with Gasteiger partial charge in [-0.25, -0.2) is 37.8 Å². The normalized spacial score (nSPS) is 18.5. The van der Waals surface area contributed by atoms with Gasteiger partial charge in [-0.3, -0.25) is 4.79 Å². The molecular formula is C41H37F3N10O3. The Morgan fingerprint density at radius 1 is 0.930 bits per heavy atom. The number of ether oxygens (including phenoxy) is 2. The fraction of sp³-hybridized carbons (Fsp3) is 0.268. The third-order valence-corrected chi connectivity index (χ3v) is 10.6. The van der Waals surface area contributed by atoms with Crippen LogP contribution in [0, 0.1) is 24.4 Å². The first-order chi connectivity index (χ1) is 27.6. The van der Waals surface area contributed by atoms with Gasteiger partial charge in [-0.1, -0.05) is 36.4 Å². The minimum atomic E-state index is -0.893. The largest absolute Gasteiger partial charge is 0.486 e. The Labute approximate surface area is 324 Å². The fourth-order valence-electron chi connectivity index (χ4n) is 7.93. The summed E-state index contributed by atoms with van der Waals surface area (Å²) in [6.07, 6.45) is 2.76. The van der Waals surface area contributed by atoms with E-state index >= 15 is 8.78 Å². The molecule has 9 rings (SSSR count). The van der Waals surface area contributed by atoms with Crippen LogP contribution >= 0.6 is 0 Å². The molecule has 57 heavy (non-hydrogen) atoms. The molecule has 3 atom stereocenters. The number of carbonyl (C=O) groups excluding carboxylic acids is 1. The van der Waals surface area contributed by atoms with E-state index in [4.69, 9.17) is 14.5 Å². The maximum absolute atomic E-state index is 15.7. The van der Waals surface area contributed by atoms with Gasteiger partial charge in [-0.2, -0.15) is 5.10 Å². The number of likely N-dealkylation sites (N-methyl/N-ethyl adjacent to an activating group) is 1. The molecule has 1 fully saturated rings. The average Bonchev–Trinajstić information content (AvgIpc) is 3.91. The van der Waals surface area contributed by atoms with E-state index in [2.05, 4.69) is 25.4 Å². The first-order valence-electron chi connectivity index (χ1n) is 18.4. The number of imidazole rings is 1. The molecule has 4 bridgehead atoms. The number of benzene rings is 3. The SMILES string of the molecule is CO[C@@H]1CN(C)C(=O)[C@@H]2C[C@@H](CN2c2ncnc3c2cnn3-c2c(F)cc(F)cc2OCc2ccccc2)Nc2cccc(n2)-c2cc(F)cc3nc(C)n(c23)C1. The van der Waals surface area contributed by atoms with Crippen molar-refractivity contribution in [2.45, 2.75) is 44.7 Å². The Morgan fingerprint density at radius 2 is 1.75 bits per heavy atom. The molecule has 290 valence electrons. The monoisotopic (exact) mass is 774 g/mol. The number of nitrogens with zero attached hydrogens (tertiary/aromatic N) is 9. The van der Waals surface area contributed by atoms with Crippen LogP contribution in [0.3, 0.4) is 0 Å². The zero-order valence-electron chi connectivity index (χ0n) is 31.2. The number of hydrogen-bond acceptors (Lipinski definition) is 10. The van der Waals surface area contributed by atoms with E-state index in [-0.39, 0.29) is 42.2 Å². The summed E-state index contributed by atoms with van der Waals surface area (Å²) in [5.41, 5.74) is 3.28. The topological polar surface area (TPSA) is 128 Å². The highest BCUT2D eigenvalue weighted by atomic mass is 19.1. The molecule has 13 nitrogen and oxygen atoms in total. The van der Waals surface area contributed by atoms with Crippen molar-refractivity contribution >= 4 is 39.6 Å². The number of nitrogens with one attached hydrogen (secondary N) is 1. The van der Waals surface area contributed by atoms with Crippen molar-refractivity contribution in [3.63, 3.8) is 0 Å². The highest BCUT2D eigenvalue weighted by molar-refractivity contribution is 5.94. The van der Waals surface area contributed by atoms with E-state index in [0.29, 0.717) is 59.1 Å². The molecule has 2 aliphatic heterocycles. The predicted molar refractivity (Wildman–Crippen MR) is 207 cm³/mol. The second-order valence-electron chi connectivity index (χ2n) is 14.3. The van der Waals surface area contributed by atoms with Crippen LogP contribution in [0.4, 0.5) is 24.8 Å². The van der Waals surface area contributed by atoms with E-state index in [9.17, 15) is 9.18 Å². The van der Waals surface area contributed by atoms with Crippen molar-refractivity contribution in [1.82, 2.24) is 39.2 Å². The van der Waals surface area contributed by atoms with Gasteiger partial charge in [0.1, 0.15) is 53.8 Å². The van der Waals surface area contributed by atoms with Crippen LogP contribution in [0.2, 0.25) is 0 Å². The standard InChI is InChI=1S/C41H37F3N10O3/c1-23-48-33-14-25(42)12-29-32-10-7-11-36(50-32)49-27-16-34(41(55)51(2)19-28(56-3)20-52(23)37(29)33)53(18-27)39-30-17-47-54(40(30)46-22-45-39)38-31(44)13-26(43)15-35(38)57-21-24-8-5-4-6-9-24/h4-15,17,22,27-28,34H,16,18-21H2,1-3H3,(H,49,50)/t27-,28+,34-/m0/s1. The Kier molecular flexibility index (Phi) is 9.19. The molecule has 0 aliphatic carbocycles. The Morgan fingerprint density at radius 3 is 2.58 bits per heavy atom. The van der Waals surface area contributed by atoms with Crippen molar-refractivity contribution in [1.29, 1.82) is 0 Å². The number of carbonyl (C=O) groups is 1. The average molecular weight is 775 g/mol. The summed E-state index contributed by atoms with van der Waals surface area (Å²) in [5, 5.41) is 8.45. The summed E-state index contributed by atoms with van der Waals surface area (Å²) in [4.78, 5) is 36.8. The molecule has 16 heteroatoms. The number of fused-ring (bicyclic) bond motifs is 6. The minimum absolute atomic E-state index is 0.0609. The number of aromatic nitrogens is 7. The smallest absolute Gasteiger partial charge is 0.245 e. The van der Waals surface area contributed by atoms with Gasteiger partial charge < -0.3 is 29.2 Å². The third kappa shape index (κ3) is 6.64. The highest BCUT2D eigenvalue weighted by Gasteiger charge is 2.41. The lowest BCUT2D eigenvalue weighted by atomic mass is 10.1. The van der Waals surface area contributed by atoms with E-state index in [0.717, 1.165) is 23.2 Å². The number of aryl methyl sites for hydroxylation is 1. The second-order valence-corrected chi connectivity index (χ2v) is 14.3. The van der Waals surface area contributed by atoms with Crippen LogP contribution in [-0.4, -0.2) is 90.5 Å². The van der Waals surface area contributed by atoms with Gasteiger partial charge in [0, 0.05) is 57.1 Å². The zero-order chi connectivity index (χ0) is 39.4. The number of rotatable bonds is 6. The quantitative estimate of drug-likeness (QED) is 0.213. The molecule has 7 aromatic rings. The van der Waals surface area contributed by atoms with Gasteiger partial charge in [-0.15, -0.1) is 0 Å². The number of anilines is 2. The second kappa shape index (κ2) is 14.5. The molecule has 3 aromatic carbocycles. The van der Waals surface area contributed by atoms with Crippen molar-refractivity contribution < 1.29 is 27.4 Å². The molecule has 6 heterocycles. The van der Waals surface area contributed by atoms with Crippen molar-refractivity contribution in [2.75, 3.05) is 37.5 Å². The summed E-state index contributed by atoms with van der Waals surface area (Å²) in [5.74, 6) is -0.749. The van der Waals surface area contributed by atoms with Crippen LogP contribution < -0.4 is 15.0 Å². The summed E-state index contributed by atoms with van der Waals surface area (Å²) in [7, 11) is 3.33. The molecule has 1 N–H and O–H groups in total. The molecule has 2 aliphatic rings. The van der Waals surface area contributed by atoms with Gasteiger partial charge in [-0.05, 0) is 37.1 Å². The summed E-state index contributed by atoms with van der Waals surface area (Å²) < 4.78 is 60.5. The van der Waals surface area contributed by atoms with E-state index in [1.165, 1.54) is 29.3 Å². The number of amides is 1. The fourth-order valence-corrected chi connectivity index (χ4v) is 7.93. The maximum atomic E-state index is 15.7. The molecule has 1 saturated heterocycles. The number of methoxy groups -OCH3 is 1. The Bertz CT molecular complexity index is 2650. The van der Waals surface area contributed by atoms with Gasteiger partial charge in [0.25, 0.3) is 0 Å². The molecule has 0 unspecified atom stereocenters. The number of halogens is 3. The van der Waals surface area contributed by atoms with E-state index < -0.39 is 29.6 Å². The van der Waals surface area contributed by atoms with Gasteiger partial charge in [0.2, 0.25) is 5.91 Å². The van der Waals surface area contributed by atoms with Crippen LogP contribution in [0.5, 0.6) is 5.75 Å². The van der Waals surface area contributed by atoms with E-state index in [1.807, 2.05) is 64.9 Å². The summed E-state index contributed by atoms with van der Waals surface area (Å²) in [6, 6.07) is 18.5. The number of hydrogen-bond donors (Lipinski definition) is 1. The Hall–Kier alpha value is -6.55. The lowest BCUT2D eigenvalue weighted by Gasteiger charge is -2.30.